The summed E-state index contributed by atoms with van der Waals surface area (Å²) >= 11 is 0. The monoisotopic (exact) mass is 293 g/mol. The first-order chi connectivity index (χ1) is 9.86. The van der Waals surface area contributed by atoms with Crippen molar-refractivity contribution in [3.63, 3.8) is 0 Å². The molecule has 4 amide bonds. The van der Waals surface area contributed by atoms with Crippen LogP contribution in [0.3, 0.4) is 0 Å². The van der Waals surface area contributed by atoms with Crippen molar-refractivity contribution in [2.45, 2.75) is 0 Å². The standard InChI is InChI=1S/C12H11N3O6/c16-8-3-6(11(19)20)1-2-7(8)13-12(21)15-4-9(17)14-10(18)5-15/h1-3,16H,4-5H2,(H,13,21)(H,19,20)(H,14,17,18). The molecule has 0 unspecified atom stereocenters. The van der Waals surface area contributed by atoms with Gasteiger partial charge in [-0.2, -0.15) is 0 Å². The number of nitrogens with one attached hydrogen (secondary N) is 2. The zero-order valence-corrected chi connectivity index (χ0v) is 10.6. The quantitative estimate of drug-likeness (QED) is 0.432. The van der Waals surface area contributed by atoms with E-state index in [2.05, 4.69) is 5.32 Å². The number of amides is 4. The molecule has 1 aliphatic rings. The third kappa shape index (κ3) is 3.26. The van der Waals surface area contributed by atoms with Gasteiger partial charge in [0.05, 0.1) is 11.3 Å². The lowest BCUT2D eigenvalue weighted by Gasteiger charge is -2.25. The molecule has 0 aromatic heterocycles. The van der Waals surface area contributed by atoms with Crippen LogP contribution in [0.4, 0.5) is 10.5 Å². The summed E-state index contributed by atoms with van der Waals surface area (Å²) in [5.41, 5.74) is -0.165. The van der Waals surface area contributed by atoms with Crippen molar-refractivity contribution in [3.8, 4) is 5.75 Å². The van der Waals surface area contributed by atoms with Gasteiger partial charge in [0.2, 0.25) is 11.8 Å². The van der Waals surface area contributed by atoms with Gasteiger partial charge >= 0.3 is 12.0 Å². The number of rotatable bonds is 2. The topological polar surface area (TPSA) is 136 Å². The van der Waals surface area contributed by atoms with Crippen LogP contribution in [-0.2, 0) is 9.59 Å². The van der Waals surface area contributed by atoms with Crippen LogP contribution >= 0.6 is 0 Å². The Hall–Kier alpha value is -3.10. The maximum absolute atomic E-state index is 11.9. The van der Waals surface area contributed by atoms with Crippen LogP contribution in [0.2, 0.25) is 0 Å². The smallest absolute Gasteiger partial charge is 0.335 e. The first kappa shape index (κ1) is 14.3. The summed E-state index contributed by atoms with van der Waals surface area (Å²) in [6.07, 6.45) is 0. The minimum atomic E-state index is -1.22. The number of imide groups is 1. The fraction of sp³-hybridized carbons (Fsp3) is 0.167. The summed E-state index contributed by atoms with van der Waals surface area (Å²) in [5, 5.41) is 22.7. The largest absolute Gasteiger partial charge is 0.506 e. The third-order valence-electron chi connectivity index (χ3n) is 2.72. The Labute approximate surface area is 118 Å². The first-order valence-corrected chi connectivity index (χ1v) is 5.81. The Morgan fingerprint density at radius 3 is 2.33 bits per heavy atom. The zero-order chi connectivity index (χ0) is 15.6. The maximum atomic E-state index is 11.9. The lowest BCUT2D eigenvalue weighted by atomic mass is 10.2. The number of carbonyl (C=O) groups excluding carboxylic acids is 3. The summed E-state index contributed by atoms with van der Waals surface area (Å²) in [7, 11) is 0. The van der Waals surface area contributed by atoms with Crippen LogP contribution in [0, 0.1) is 0 Å². The van der Waals surface area contributed by atoms with Crippen LogP contribution in [0.15, 0.2) is 18.2 Å². The maximum Gasteiger partial charge on any atom is 0.335 e. The highest BCUT2D eigenvalue weighted by atomic mass is 16.4. The number of piperazine rings is 1. The Morgan fingerprint density at radius 1 is 1.19 bits per heavy atom. The normalized spacial score (nSPS) is 14.6. The number of carboxylic acid groups (broad SMARTS) is 1. The number of urea groups is 1. The van der Waals surface area contributed by atoms with E-state index in [1.807, 2.05) is 5.32 Å². The molecular formula is C12H11N3O6. The number of carbonyl (C=O) groups is 4. The van der Waals surface area contributed by atoms with Crippen molar-refractivity contribution in [2.24, 2.45) is 0 Å². The van der Waals surface area contributed by atoms with E-state index in [4.69, 9.17) is 5.11 Å². The fourth-order valence-corrected chi connectivity index (χ4v) is 1.75. The van der Waals surface area contributed by atoms with E-state index >= 15 is 0 Å². The summed E-state index contributed by atoms with van der Waals surface area (Å²) < 4.78 is 0. The second-order valence-electron chi connectivity index (χ2n) is 4.29. The molecule has 0 atom stereocenters. The molecule has 1 saturated heterocycles. The molecule has 2 rings (SSSR count). The van der Waals surface area contributed by atoms with Gasteiger partial charge in [0.25, 0.3) is 0 Å². The minimum absolute atomic E-state index is 0.0246. The van der Waals surface area contributed by atoms with Crippen molar-refractivity contribution < 1.29 is 29.4 Å². The van der Waals surface area contributed by atoms with E-state index in [-0.39, 0.29) is 24.3 Å². The van der Waals surface area contributed by atoms with Crippen LogP contribution in [0.25, 0.3) is 0 Å². The highest BCUT2D eigenvalue weighted by molar-refractivity contribution is 6.04. The molecule has 0 aliphatic carbocycles. The molecule has 1 fully saturated rings. The molecule has 1 aromatic carbocycles. The van der Waals surface area contributed by atoms with E-state index in [0.29, 0.717) is 0 Å². The second kappa shape index (κ2) is 5.49. The summed E-state index contributed by atoms with van der Waals surface area (Å²) in [4.78, 5) is 45.9. The van der Waals surface area contributed by atoms with Crippen molar-refractivity contribution >= 4 is 29.5 Å². The van der Waals surface area contributed by atoms with Crippen molar-refractivity contribution in [2.75, 3.05) is 18.4 Å². The van der Waals surface area contributed by atoms with Crippen LogP contribution < -0.4 is 10.6 Å². The molecule has 0 spiro atoms. The van der Waals surface area contributed by atoms with Crippen molar-refractivity contribution in [3.05, 3.63) is 23.8 Å². The van der Waals surface area contributed by atoms with Gasteiger partial charge in [0.15, 0.2) is 0 Å². The molecule has 0 bridgehead atoms. The van der Waals surface area contributed by atoms with Gasteiger partial charge in [-0.15, -0.1) is 0 Å². The molecule has 1 aromatic rings. The average Bonchev–Trinajstić information content (AvgIpc) is 2.39. The Morgan fingerprint density at radius 2 is 1.81 bits per heavy atom. The number of phenols is 1. The highest BCUT2D eigenvalue weighted by Gasteiger charge is 2.26. The number of hydrogen-bond acceptors (Lipinski definition) is 5. The van der Waals surface area contributed by atoms with Gasteiger partial charge in [0.1, 0.15) is 18.8 Å². The molecule has 9 nitrogen and oxygen atoms in total. The van der Waals surface area contributed by atoms with Crippen LogP contribution in [0.1, 0.15) is 10.4 Å². The van der Waals surface area contributed by atoms with E-state index in [1.54, 1.807) is 0 Å². The molecule has 0 saturated carbocycles. The van der Waals surface area contributed by atoms with Gasteiger partial charge < -0.3 is 20.4 Å². The number of hydrogen-bond donors (Lipinski definition) is 4. The van der Waals surface area contributed by atoms with E-state index < -0.39 is 29.6 Å². The molecule has 1 heterocycles. The summed E-state index contributed by atoms with van der Waals surface area (Å²) in [6.45, 7) is -0.572. The lowest BCUT2D eigenvalue weighted by Crippen LogP contribution is -2.54. The van der Waals surface area contributed by atoms with Crippen LogP contribution in [0.5, 0.6) is 5.75 Å². The number of anilines is 1. The fourth-order valence-electron chi connectivity index (χ4n) is 1.75. The highest BCUT2D eigenvalue weighted by Crippen LogP contribution is 2.24. The van der Waals surface area contributed by atoms with E-state index in [9.17, 15) is 24.3 Å². The Bertz CT molecular complexity index is 626. The minimum Gasteiger partial charge on any atom is -0.506 e. The number of aromatic hydroxyl groups is 1. The number of benzene rings is 1. The Balaban J connectivity index is 2.11. The third-order valence-corrected chi connectivity index (χ3v) is 2.72. The van der Waals surface area contributed by atoms with Crippen molar-refractivity contribution in [1.82, 2.24) is 10.2 Å². The summed E-state index contributed by atoms with van der Waals surface area (Å²) in [6, 6.07) is 2.64. The number of phenolic OH excluding ortho intramolecular Hbond substituents is 1. The zero-order valence-electron chi connectivity index (χ0n) is 10.6. The van der Waals surface area contributed by atoms with Crippen LogP contribution in [-0.4, -0.2) is 52.0 Å². The summed E-state index contributed by atoms with van der Waals surface area (Å²) in [5.74, 6) is -2.86. The number of nitrogens with zero attached hydrogens (tertiary/aromatic N) is 1. The van der Waals surface area contributed by atoms with Gasteiger partial charge in [0, 0.05) is 0 Å². The molecule has 1 aliphatic heterocycles. The second-order valence-corrected chi connectivity index (χ2v) is 4.29. The SMILES string of the molecule is O=C1CN(C(=O)Nc2ccc(C(=O)O)cc2O)CC(=O)N1. The molecule has 9 heteroatoms. The van der Waals surface area contributed by atoms with Gasteiger partial charge in [-0.05, 0) is 18.2 Å². The molecule has 4 N–H and O–H groups in total. The number of carboxylic acids is 1. The molecule has 110 valence electrons. The predicted octanol–water partition coefficient (Wildman–Crippen LogP) is -0.419. The van der Waals surface area contributed by atoms with Crippen molar-refractivity contribution in [1.29, 1.82) is 0 Å². The Kier molecular flexibility index (Phi) is 3.74. The molecule has 21 heavy (non-hydrogen) atoms. The van der Waals surface area contributed by atoms with Gasteiger partial charge in [-0.25, -0.2) is 9.59 Å². The van der Waals surface area contributed by atoms with E-state index in [0.717, 1.165) is 11.0 Å². The van der Waals surface area contributed by atoms with Gasteiger partial charge in [-0.3, -0.25) is 14.9 Å². The first-order valence-electron chi connectivity index (χ1n) is 5.81. The lowest BCUT2D eigenvalue weighted by molar-refractivity contribution is -0.134. The average molecular weight is 293 g/mol. The number of aromatic carboxylic acids is 1. The van der Waals surface area contributed by atoms with E-state index in [1.165, 1.54) is 12.1 Å². The molecule has 0 radical (unpaired) electrons. The molecular weight excluding hydrogens is 282 g/mol. The predicted molar refractivity (Wildman–Crippen MR) is 68.8 cm³/mol. The van der Waals surface area contributed by atoms with Gasteiger partial charge in [-0.1, -0.05) is 0 Å².